The van der Waals surface area contributed by atoms with Gasteiger partial charge < -0.3 is 5.11 Å². The van der Waals surface area contributed by atoms with Gasteiger partial charge in [0.25, 0.3) is 5.56 Å². The molecule has 3 heteroatoms. The van der Waals surface area contributed by atoms with Crippen LogP contribution in [0.2, 0.25) is 0 Å². The second-order valence-electron chi connectivity index (χ2n) is 4.55. The Hall–Kier alpha value is -2.55. The van der Waals surface area contributed by atoms with Crippen molar-refractivity contribution in [1.82, 2.24) is 4.57 Å². The van der Waals surface area contributed by atoms with Gasteiger partial charge in [-0.05, 0) is 42.1 Å². The summed E-state index contributed by atoms with van der Waals surface area (Å²) in [5.41, 5.74) is 1.70. The van der Waals surface area contributed by atoms with E-state index in [1.165, 1.54) is 6.07 Å². The number of rotatable bonds is 1. The molecule has 0 unspecified atom stereocenters. The van der Waals surface area contributed by atoms with E-state index in [1.807, 2.05) is 43.5 Å². The normalized spacial score (nSPS) is 10.8. The van der Waals surface area contributed by atoms with Crippen molar-refractivity contribution in [2.24, 2.45) is 0 Å². The van der Waals surface area contributed by atoms with Gasteiger partial charge in [0.1, 0.15) is 5.75 Å². The number of aromatic hydroxyl groups is 1. The van der Waals surface area contributed by atoms with Gasteiger partial charge in [-0.3, -0.25) is 9.36 Å². The number of pyridine rings is 1. The van der Waals surface area contributed by atoms with E-state index >= 15 is 0 Å². The number of phenols is 1. The highest BCUT2D eigenvalue weighted by molar-refractivity contribution is 5.86. The summed E-state index contributed by atoms with van der Waals surface area (Å²) in [4.78, 5) is 12.5. The zero-order valence-corrected chi connectivity index (χ0v) is 10.5. The third kappa shape index (κ3) is 1.89. The first kappa shape index (κ1) is 11.5. The van der Waals surface area contributed by atoms with Crippen LogP contribution in [0.15, 0.2) is 59.5 Å². The third-order valence-electron chi connectivity index (χ3n) is 3.23. The maximum atomic E-state index is 12.5. The highest BCUT2D eigenvalue weighted by Crippen LogP contribution is 2.20. The summed E-state index contributed by atoms with van der Waals surface area (Å²) >= 11 is 0. The van der Waals surface area contributed by atoms with E-state index in [1.54, 1.807) is 16.7 Å². The molecule has 0 radical (unpaired) electrons. The van der Waals surface area contributed by atoms with Crippen molar-refractivity contribution in [1.29, 1.82) is 0 Å². The Bertz CT molecular complexity index is 804. The quantitative estimate of drug-likeness (QED) is 0.722. The number of hydrogen-bond donors (Lipinski definition) is 1. The van der Waals surface area contributed by atoms with E-state index in [0.29, 0.717) is 5.39 Å². The molecule has 3 nitrogen and oxygen atoms in total. The average molecular weight is 251 g/mol. The van der Waals surface area contributed by atoms with Crippen molar-refractivity contribution < 1.29 is 5.11 Å². The molecule has 3 rings (SSSR count). The molecule has 94 valence electrons. The standard InChI is InChI=1S/C16H13NO2/c1-11-10-17(12-5-3-2-4-6-12)16(19)15-9-13(18)7-8-14(11)15/h2-10,18H,1H3. The summed E-state index contributed by atoms with van der Waals surface area (Å²) in [6.45, 7) is 1.96. The van der Waals surface area contributed by atoms with Gasteiger partial charge in [0.15, 0.2) is 0 Å². The molecular formula is C16H13NO2. The van der Waals surface area contributed by atoms with Crippen LogP contribution in [0, 0.1) is 6.92 Å². The molecule has 19 heavy (non-hydrogen) atoms. The maximum absolute atomic E-state index is 12.5. The smallest absolute Gasteiger partial charge is 0.263 e. The van der Waals surface area contributed by atoms with Crippen LogP contribution in [-0.2, 0) is 0 Å². The molecule has 0 saturated heterocycles. The van der Waals surface area contributed by atoms with Crippen LogP contribution in [0.3, 0.4) is 0 Å². The zero-order chi connectivity index (χ0) is 13.4. The van der Waals surface area contributed by atoms with E-state index in [9.17, 15) is 9.90 Å². The van der Waals surface area contributed by atoms with Crippen LogP contribution in [0.1, 0.15) is 5.56 Å². The van der Waals surface area contributed by atoms with Gasteiger partial charge in [-0.15, -0.1) is 0 Å². The minimum absolute atomic E-state index is 0.106. The molecule has 0 atom stereocenters. The van der Waals surface area contributed by atoms with Gasteiger partial charge in [-0.2, -0.15) is 0 Å². The summed E-state index contributed by atoms with van der Waals surface area (Å²) in [5.74, 6) is 0.106. The number of aromatic nitrogens is 1. The SMILES string of the molecule is Cc1cn(-c2ccccc2)c(=O)c2cc(O)ccc12. The minimum Gasteiger partial charge on any atom is -0.508 e. The Morgan fingerprint density at radius 3 is 2.47 bits per heavy atom. The Morgan fingerprint density at radius 2 is 1.74 bits per heavy atom. The molecule has 0 saturated carbocycles. The first-order chi connectivity index (χ1) is 9.16. The fourth-order valence-electron chi connectivity index (χ4n) is 2.29. The summed E-state index contributed by atoms with van der Waals surface area (Å²) in [6.07, 6.45) is 1.83. The van der Waals surface area contributed by atoms with Crippen LogP contribution >= 0.6 is 0 Å². The Morgan fingerprint density at radius 1 is 1.00 bits per heavy atom. The van der Waals surface area contributed by atoms with Crippen molar-refractivity contribution in [3.05, 3.63) is 70.6 Å². The molecule has 0 bridgehead atoms. The largest absolute Gasteiger partial charge is 0.508 e. The minimum atomic E-state index is -0.122. The topological polar surface area (TPSA) is 42.2 Å². The van der Waals surface area contributed by atoms with Crippen molar-refractivity contribution in [3.8, 4) is 11.4 Å². The number of aryl methyl sites for hydroxylation is 1. The van der Waals surface area contributed by atoms with E-state index in [-0.39, 0.29) is 11.3 Å². The Balaban J connectivity index is 2.40. The molecule has 2 aromatic carbocycles. The summed E-state index contributed by atoms with van der Waals surface area (Å²) in [6, 6.07) is 14.4. The first-order valence-corrected chi connectivity index (χ1v) is 6.07. The molecule has 1 aromatic heterocycles. The lowest BCUT2D eigenvalue weighted by Gasteiger charge is -2.10. The van der Waals surface area contributed by atoms with Crippen LogP contribution in [-0.4, -0.2) is 9.67 Å². The van der Waals surface area contributed by atoms with Gasteiger partial charge in [0.05, 0.1) is 5.39 Å². The second kappa shape index (κ2) is 4.28. The second-order valence-corrected chi connectivity index (χ2v) is 4.55. The fraction of sp³-hybridized carbons (Fsp3) is 0.0625. The van der Waals surface area contributed by atoms with Crippen molar-refractivity contribution in [2.45, 2.75) is 6.92 Å². The first-order valence-electron chi connectivity index (χ1n) is 6.07. The number of phenolic OH excluding ortho intramolecular Hbond substituents is 1. The molecule has 1 N–H and O–H groups in total. The highest BCUT2D eigenvalue weighted by Gasteiger charge is 2.08. The zero-order valence-electron chi connectivity index (χ0n) is 10.5. The molecule has 3 aromatic rings. The molecule has 1 heterocycles. The molecule has 0 spiro atoms. The third-order valence-corrected chi connectivity index (χ3v) is 3.23. The van der Waals surface area contributed by atoms with Crippen molar-refractivity contribution >= 4 is 10.8 Å². The van der Waals surface area contributed by atoms with E-state index in [0.717, 1.165) is 16.6 Å². The van der Waals surface area contributed by atoms with Gasteiger partial charge >= 0.3 is 0 Å². The highest BCUT2D eigenvalue weighted by atomic mass is 16.3. The lowest BCUT2D eigenvalue weighted by molar-refractivity contribution is 0.476. The predicted molar refractivity (Wildman–Crippen MR) is 75.9 cm³/mol. The van der Waals surface area contributed by atoms with Crippen molar-refractivity contribution in [2.75, 3.05) is 0 Å². The Kier molecular flexibility index (Phi) is 2.60. The van der Waals surface area contributed by atoms with Gasteiger partial charge in [0, 0.05) is 11.9 Å². The fourth-order valence-corrected chi connectivity index (χ4v) is 2.29. The monoisotopic (exact) mass is 251 g/mol. The number of para-hydroxylation sites is 1. The van der Waals surface area contributed by atoms with Crippen LogP contribution in [0.5, 0.6) is 5.75 Å². The summed E-state index contributed by atoms with van der Waals surface area (Å²) in [5, 5.41) is 11.0. The average Bonchev–Trinajstić information content (AvgIpc) is 2.43. The molecule has 0 aliphatic carbocycles. The molecule has 0 fully saturated rings. The lowest BCUT2D eigenvalue weighted by atomic mass is 10.1. The predicted octanol–water partition coefficient (Wildman–Crippen LogP) is 3.00. The van der Waals surface area contributed by atoms with Gasteiger partial charge in [-0.1, -0.05) is 24.3 Å². The van der Waals surface area contributed by atoms with E-state index in [2.05, 4.69) is 0 Å². The molecule has 0 amide bonds. The Labute approximate surface area is 110 Å². The molecular weight excluding hydrogens is 238 g/mol. The maximum Gasteiger partial charge on any atom is 0.263 e. The number of nitrogens with zero attached hydrogens (tertiary/aromatic N) is 1. The van der Waals surface area contributed by atoms with Crippen LogP contribution in [0.4, 0.5) is 0 Å². The number of benzene rings is 2. The van der Waals surface area contributed by atoms with Crippen LogP contribution in [0.25, 0.3) is 16.5 Å². The van der Waals surface area contributed by atoms with Gasteiger partial charge in [-0.25, -0.2) is 0 Å². The van der Waals surface area contributed by atoms with E-state index in [4.69, 9.17) is 0 Å². The van der Waals surface area contributed by atoms with Gasteiger partial charge in [0.2, 0.25) is 0 Å². The molecule has 0 aliphatic heterocycles. The van der Waals surface area contributed by atoms with E-state index < -0.39 is 0 Å². The van der Waals surface area contributed by atoms with Crippen LogP contribution < -0.4 is 5.56 Å². The lowest BCUT2D eigenvalue weighted by Crippen LogP contribution is -2.18. The number of fused-ring (bicyclic) bond motifs is 1. The van der Waals surface area contributed by atoms with Crippen molar-refractivity contribution in [3.63, 3.8) is 0 Å². The summed E-state index contributed by atoms with van der Waals surface area (Å²) in [7, 11) is 0. The number of hydrogen-bond acceptors (Lipinski definition) is 2. The molecule has 0 aliphatic rings. The summed E-state index contributed by atoms with van der Waals surface area (Å²) < 4.78 is 1.61.